The average molecular weight is 299 g/mol. The highest BCUT2D eigenvalue weighted by atomic mass is 35.5. The van der Waals surface area contributed by atoms with E-state index in [9.17, 15) is 9.50 Å². The highest BCUT2D eigenvalue weighted by molar-refractivity contribution is 6.37. The minimum absolute atomic E-state index is 0.149. The Hall–Kier alpha value is -1.78. The van der Waals surface area contributed by atoms with Gasteiger partial charge in [0.15, 0.2) is 5.75 Å². The number of rotatable bonds is 3. The van der Waals surface area contributed by atoms with Crippen molar-refractivity contribution < 1.29 is 9.50 Å². The number of nitrogens with one attached hydrogen (secondary N) is 1. The smallest absolute Gasteiger partial charge is 0.152 e. The van der Waals surface area contributed by atoms with Gasteiger partial charge >= 0.3 is 0 Å². The number of phenols is 1. The van der Waals surface area contributed by atoms with Gasteiger partial charge in [0.05, 0.1) is 21.9 Å². The lowest BCUT2D eigenvalue weighted by Gasteiger charge is -2.02. The lowest BCUT2D eigenvalue weighted by atomic mass is 10.2. The maximum absolute atomic E-state index is 12.7. The van der Waals surface area contributed by atoms with Gasteiger partial charge in [0.25, 0.3) is 0 Å². The van der Waals surface area contributed by atoms with Gasteiger partial charge in [-0.2, -0.15) is 5.10 Å². The van der Waals surface area contributed by atoms with Crippen molar-refractivity contribution >= 4 is 35.1 Å². The highest BCUT2D eigenvalue weighted by Gasteiger charge is 2.05. The monoisotopic (exact) mass is 298 g/mol. The zero-order chi connectivity index (χ0) is 13.8. The number of anilines is 1. The van der Waals surface area contributed by atoms with Crippen LogP contribution < -0.4 is 5.43 Å². The molecular formula is C13H9Cl2FN2O. The molecule has 2 aromatic rings. The van der Waals surface area contributed by atoms with Crippen LogP contribution in [0.4, 0.5) is 10.1 Å². The Labute approximate surface area is 119 Å². The van der Waals surface area contributed by atoms with E-state index in [4.69, 9.17) is 23.2 Å². The van der Waals surface area contributed by atoms with Crippen molar-refractivity contribution in [1.82, 2.24) is 0 Å². The van der Waals surface area contributed by atoms with Gasteiger partial charge in [0.1, 0.15) is 5.82 Å². The second-order valence-electron chi connectivity index (χ2n) is 3.71. The van der Waals surface area contributed by atoms with Gasteiger partial charge in [-0.25, -0.2) is 4.39 Å². The largest absolute Gasteiger partial charge is 0.505 e. The SMILES string of the molecule is Oc1c(Cl)cc(/C=N/Nc2ccc(F)cc2)cc1Cl. The van der Waals surface area contributed by atoms with Crippen molar-refractivity contribution in [1.29, 1.82) is 0 Å². The first-order chi connectivity index (χ1) is 9.06. The number of phenolic OH excluding ortho intramolecular Hbond substituents is 1. The van der Waals surface area contributed by atoms with Crippen LogP contribution in [0.5, 0.6) is 5.75 Å². The van der Waals surface area contributed by atoms with Crippen LogP contribution in [0.2, 0.25) is 10.0 Å². The number of hydrazone groups is 1. The minimum Gasteiger partial charge on any atom is -0.505 e. The highest BCUT2D eigenvalue weighted by Crippen LogP contribution is 2.32. The summed E-state index contributed by atoms with van der Waals surface area (Å²) in [7, 11) is 0. The lowest BCUT2D eigenvalue weighted by molar-refractivity contribution is 0.476. The molecular weight excluding hydrogens is 290 g/mol. The number of nitrogens with zero attached hydrogens (tertiary/aromatic N) is 1. The van der Waals surface area contributed by atoms with Gasteiger partial charge in [-0.1, -0.05) is 23.2 Å². The van der Waals surface area contributed by atoms with Crippen LogP contribution in [-0.2, 0) is 0 Å². The summed E-state index contributed by atoms with van der Waals surface area (Å²) in [5.41, 5.74) is 4.00. The summed E-state index contributed by atoms with van der Waals surface area (Å²) in [6.07, 6.45) is 1.49. The van der Waals surface area contributed by atoms with E-state index in [2.05, 4.69) is 10.5 Å². The van der Waals surface area contributed by atoms with E-state index in [1.165, 1.54) is 30.5 Å². The van der Waals surface area contributed by atoms with E-state index in [0.717, 1.165) is 0 Å². The van der Waals surface area contributed by atoms with E-state index in [-0.39, 0.29) is 21.6 Å². The third-order valence-corrected chi connectivity index (χ3v) is 2.87. The predicted molar refractivity (Wildman–Crippen MR) is 75.7 cm³/mol. The molecule has 0 atom stereocenters. The van der Waals surface area contributed by atoms with Crippen molar-refractivity contribution in [3.8, 4) is 5.75 Å². The summed E-state index contributed by atoms with van der Waals surface area (Å²) in [6, 6.07) is 8.82. The zero-order valence-electron chi connectivity index (χ0n) is 9.57. The quantitative estimate of drug-likeness (QED) is 0.656. The molecule has 2 aromatic carbocycles. The number of halogens is 3. The van der Waals surface area contributed by atoms with Crippen LogP contribution >= 0.6 is 23.2 Å². The molecule has 6 heteroatoms. The molecule has 0 fully saturated rings. The molecule has 0 bridgehead atoms. The first-order valence-corrected chi connectivity index (χ1v) is 6.04. The maximum atomic E-state index is 12.7. The fourth-order valence-corrected chi connectivity index (χ4v) is 1.87. The minimum atomic E-state index is -0.313. The summed E-state index contributed by atoms with van der Waals surface area (Å²) in [5.74, 6) is -0.474. The summed E-state index contributed by atoms with van der Waals surface area (Å²) in [4.78, 5) is 0. The van der Waals surface area contributed by atoms with Gasteiger partial charge < -0.3 is 5.11 Å². The predicted octanol–water partition coefficient (Wildman–Crippen LogP) is 4.28. The molecule has 0 aliphatic carbocycles. The number of aromatic hydroxyl groups is 1. The van der Waals surface area contributed by atoms with Crippen molar-refractivity contribution in [3.63, 3.8) is 0 Å². The average Bonchev–Trinajstić information content (AvgIpc) is 2.38. The molecule has 0 saturated carbocycles. The van der Waals surface area contributed by atoms with Crippen molar-refractivity contribution in [2.24, 2.45) is 5.10 Å². The molecule has 0 amide bonds. The van der Waals surface area contributed by atoms with Crippen LogP contribution in [-0.4, -0.2) is 11.3 Å². The van der Waals surface area contributed by atoms with Crippen LogP contribution in [0.1, 0.15) is 5.56 Å². The van der Waals surface area contributed by atoms with Crippen molar-refractivity contribution in [2.75, 3.05) is 5.43 Å². The molecule has 98 valence electrons. The third kappa shape index (κ3) is 3.59. The Morgan fingerprint density at radius 2 is 1.68 bits per heavy atom. The first-order valence-electron chi connectivity index (χ1n) is 5.29. The molecule has 0 aliphatic heterocycles. The van der Waals surface area contributed by atoms with Gasteiger partial charge in [-0.15, -0.1) is 0 Å². The van der Waals surface area contributed by atoms with Crippen molar-refractivity contribution in [3.05, 3.63) is 57.8 Å². The molecule has 0 aliphatic rings. The Bertz CT molecular complexity index is 592. The number of hydrogen-bond donors (Lipinski definition) is 2. The molecule has 3 nitrogen and oxygen atoms in total. The Balaban J connectivity index is 2.09. The standard InChI is InChI=1S/C13H9Cl2FN2O/c14-11-5-8(6-12(15)13(11)19)7-17-18-10-3-1-9(16)2-4-10/h1-7,18-19H/b17-7+. The summed E-state index contributed by atoms with van der Waals surface area (Å²) in [6.45, 7) is 0. The second kappa shape index (κ2) is 5.91. The van der Waals surface area contributed by atoms with Crippen LogP contribution in [0.15, 0.2) is 41.5 Å². The molecule has 19 heavy (non-hydrogen) atoms. The van der Waals surface area contributed by atoms with E-state index in [1.807, 2.05) is 0 Å². The lowest BCUT2D eigenvalue weighted by Crippen LogP contribution is -1.91. The number of benzene rings is 2. The summed E-state index contributed by atoms with van der Waals surface area (Å²) < 4.78 is 12.7. The summed E-state index contributed by atoms with van der Waals surface area (Å²) in [5, 5.41) is 13.7. The molecule has 2 rings (SSSR count). The Morgan fingerprint density at radius 1 is 1.11 bits per heavy atom. The van der Waals surface area contributed by atoms with Crippen LogP contribution in [0.3, 0.4) is 0 Å². The second-order valence-corrected chi connectivity index (χ2v) is 4.52. The Morgan fingerprint density at radius 3 is 2.26 bits per heavy atom. The van der Waals surface area contributed by atoms with Crippen molar-refractivity contribution in [2.45, 2.75) is 0 Å². The zero-order valence-corrected chi connectivity index (χ0v) is 11.1. The normalized spacial score (nSPS) is 10.9. The van der Waals surface area contributed by atoms with Gasteiger partial charge in [-0.05, 0) is 42.0 Å². The molecule has 0 aromatic heterocycles. The van der Waals surface area contributed by atoms with Gasteiger partial charge in [0.2, 0.25) is 0 Å². The topological polar surface area (TPSA) is 44.6 Å². The van der Waals surface area contributed by atoms with E-state index in [0.29, 0.717) is 11.3 Å². The molecule has 0 spiro atoms. The Kier molecular flexibility index (Phi) is 4.24. The fourth-order valence-electron chi connectivity index (χ4n) is 1.37. The molecule has 2 N–H and O–H groups in total. The van der Waals surface area contributed by atoms with E-state index >= 15 is 0 Å². The molecule has 0 saturated heterocycles. The molecule has 0 radical (unpaired) electrons. The van der Waals surface area contributed by atoms with E-state index in [1.54, 1.807) is 12.1 Å². The van der Waals surface area contributed by atoms with E-state index < -0.39 is 0 Å². The van der Waals surface area contributed by atoms with Gasteiger partial charge in [-0.3, -0.25) is 5.43 Å². The van der Waals surface area contributed by atoms with Crippen LogP contribution in [0.25, 0.3) is 0 Å². The fraction of sp³-hybridized carbons (Fsp3) is 0. The third-order valence-electron chi connectivity index (χ3n) is 2.29. The first kappa shape index (κ1) is 13.6. The van der Waals surface area contributed by atoms with Crippen LogP contribution in [0, 0.1) is 5.82 Å². The van der Waals surface area contributed by atoms with Gasteiger partial charge in [0, 0.05) is 0 Å². The number of hydrogen-bond acceptors (Lipinski definition) is 3. The summed E-state index contributed by atoms with van der Waals surface area (Å²) >= 11 is 11.5. The molecule has 0 unspecified atom stereocenters. The molecule has 0 heterocycles. The maximum Gasteiger partial charge on any atom is 0.152 e.